The molecule has 0 rings (SSSR count). The van der Waals surface area contributed by atoms with Gasteiger partial charge in [0.05, 0.1) is 0 Å². The molecule has 0 amide bonds. The molecule has 0 radical (unpaired) electrons. The lowest BCUT2D eigenvalue weighted by Crippen LogP contribution is -2.32. The van der Waals surface area contributed by atoms with Crippen LogP contribution in [0.4, 0.5) is 0 Å². The normalized spacial score (nSPS) is 10.0. The Balaban J connectivity index is -0.000000107. The lowest BCUT2D eigenvalue weighted by atomic mass is 10.8. The predicted octanol–water partition coefficient (Wildman–Crippen LogP) is -1.02. The Hall–Kier alpha value is -0.910. The summed E-state index contributed by atoms with van der Waals surface area (Å²) in [6.07, 6.45) is 0. The van der Waals surface area contributed by atoms with Gasteiger partial charge in [0.1, 0.15) is 0 Å². The Kier molecular flexibility index (Phi) is 5.82. The maximum Gasteiger partial charge on any atom is 1.00 e. The Morgan fingerprint density at radius 2 is 1.90 bits per heavy atom. The molecule has 0 saturated heterocycles. The van der Waals surface area contributed by atoms with Gasteiger partial charge in [-0.3, -0.25) is 5.41 Å². The van der Waals surface area contributed by atoms with Crippen molar-refractivity contribution in [2.75, 3.05) is 14.1 Å². The molecular weight excluding hydrogens is 150 g/mol. The first kappa shape index (κ1) is 11.8. The number of hydrogen-bond acceptors (Lipinski definition) is 1. The molecule has 5 N–H and O–H groups in total. The summed E-state index contributed by atoms with van der Waals surface area (Å²) in [7, 11) is 3.45. The van der Waals surface area contributed by atoms with E-state index in [9.17, 15) is 0 Å². The molecular formula is C4H13N5S. The fourth-order valence-corrected chi connectivity index (χ4v) is 0.223. The van der Waals surface area contributed by atoms with Crippen LogP contribution in [0.25, 0.3) is 0 Å². The summed E-state index contributed by atoms with van der Waals surface area (Å²) >= 11 is 0. The van der Waals surface area contributed by atoms with Crippen molar-refractivity contribution in [3.8, 4) is 0 Å². The second-order valence-electron chi connectivity index (χ2n) is 1.75. The number of guanidine groups is 2. The predicted molar refractivity (Wildman–Crippen MR) is 46.8 cm³/mol. The molecule has 0 aromatic heterocycles. The number of aliphatic imine (C=N–C) groups is 1. The van der Waals surface area contributed by atoms with Gasteiger partial charge in [-0.1, -0.05) is 0 Å². The molecule has 0 spiro atoms. The van der Waals surface area contributed by atoms with Crippen LogP contribution in [0.15, 0.2) is 4.99 Å². The number of nitrogens with two attached hydrogens (primary N) is 2. The molecule has 0 aromatic rings. The van der Waals surface area contributed by atoms with E-state index >= 15 is 0 Å². The Morgan fingerprint density at radius 3 is 2.00 bits per heavy atom. The summed E-state index contributed by atoms with van der Waals surface area (Å²) in [4.78, 5) is 5.03. The van der Waals surface area contributed by atoms with Crippen LogP contribution in [-0.4, -0.2) is 30.9 Å². The van der Waals surface area contributed by atoms with Gasteiger partial charge in [-0.25, -0.2) is 0 Å². The molecule has 6 heteroatoms. The van der Waals surface area contributed by atoms with Crippen LogP contribution in [-0.2, 0) is 13.5 Å². The van der Waals surface area contributed by atoms with Gasteiger partial charge in [0.15, 0.2) is 5.96 Å². The van der Waals surface area contributed by atoms with Crippen LogP contribution in [0.2, 0.25) is 0 Å². The first-order chi connectivity index (χ1) is 4.04. The number of hydrogen-bond donors (Lipinski definition) is 3. The molecule has 0 aliphatic heterocycles. The zero-order valence-electron chi connectivity index (χ0n) is 7.96. The zero-order chi connectivity index (χ0) is 7.44. The third-order valence-electron chi connectivity index (χ3n) is 0.693. The minimum atomic E-state index is -0.277. The number of nitrogens with one attached hydrogen (secondary N) is 1. The van der Waals surface area contributed by atoms with E-state index in [1.807, 2.05) is 0 Å². The van der Waals surface area contributed by atoms with Crippen molar-refractivity contribution in [2.24, 2.45) is 16.5 Å². The standard InChI is InChI=1S/C4H11N5.S/c1-9(2)4(7)8-3(5)6;/h1-2H3,(H5,5,6,7,8);/q;-2/p+2. The topological polar surface area (TPSA) is 91.5 Å². The number of rotatable bonds is 0. The molecule has 0 heterocycles. The van der Waals surface area contributed by atoms with E-state index < -0.39 is 0 Å². The van der Waals surface area contributed by atoms with E-state index in [0.29, 0.717) is 0 Å². The third kappa shape index (κ3) is 5.23. The van der Waals surface area contributed by atoms with Gasteiger partial charge in [0, 0.05) is 14.1 Å². The maximum atomic E-state index is 6.70. The average Bonchev–Trinajstić information content (AvgIpc) is 1.63. The van der Waals surface area contributed by atoms with Crippen LogP contribution in [0.3, 0.4) is 0 Å². The summed E-state index contributed by atoms with van der Waals surface area (Å²) < 4.78 is 0. The molecule has 0 unspecified atom stereocenters. The highest BCUT2D eigenvalue weighted by Crippen LogP contribution is 1.73. The van der Waals surface area contributed by atoms with Gasteiger partial charge in [-0.2, -0.15) is 4.99 Å². The van der Waals surface area contributed by atoms with Gasteiger partial charge in [0.2, 0.25) is 5.96 Å². The van der Waals surface area contributed by atoms with Crippen LogP contribution in [0.1, 0.15) is 2.85 Å². The molecule has 0 atom stereocenters. The van der Waals surface area contributed by atoms with E-state index in [0.717, 1.165) is 0 Å². The Morgan fingerprint density at radius 1 is 1.50 bits per heavy atom. The highest BCUT2D eigenvalue weighted by atomic mass is 32.1. The summed E-state index contributed by atoms with van der Waals surface area (Å²) in [6.45, 7) is 0. The van der Waals surface area contributed by atoms with E-state index in [-0.39, 0.29) is 28.3 Å². The van der Waals surface area contributed by atoms with Crippen LogP contribution in [0.5, 0.6) is 0 Å². The van der Waals surface area contributed by atoms with Crippen molar-refractivity contribution in [3.63, 3.8) is 0 Å². The second kappa shape index (κ2) is 4.92. The first-order valence-corrected chi connectivity index (χ1v) is 2.39. The smallest absolute Gasteiger partial charge is 1.00 e. The lowest BCUT2D eigenvalue weighted by molar-refractivity contribution is 0.615. The summed E-state index contributed by atoms with van der Waals surface area (Å²) in [5.74, 6) is -0.0382. The molecule has 0 aliphatic carbocycles. The van der Waals surface area contributed by atoms with Gasteiger partial charge >= 0.3 is 2.85 Å². The largest absolute Gasteiger partial charge is 2.00 e. The number of nitrogens with zero attached hydrogens (tertiary/aromatic N) is 2. The fourth-order valence-electron chi connectivity index (χ4n) is 0.223. The van der Waals surface area contributed by atoms with E-state index in [2.05, 4.69) is 4.99 Å². The maximum absolute atomic E-state index is 6.70. The fraction of sp³-hybridized carbons (Fsp3) is 0.500. The summed E-state index contributed by atoms with van der Waals surface area (Å²) in [6, 6.07) is 0. The molecule has 0 saturated carbocycles. The molecule has 0 aliphatic rings. The van der Waals surface area contributed by atoms with Crippen molar-refractivity contribution in [1.82, 2.24) is 4.90 Å². The quantitative estimate of drug-likeness (QED) is 0.315. The molecule has 10 heavy (non-hydrogen) atoms. The lowest BCUT2D eigenvalue weighted by Gasteiger charge is -2.08. The van der Waals surface area contributed by atoms with Crippen molar-refractivity contribution in [2.45, 2.75) is 0 Å². The highest BCUT2D eigenvalue weighted by molar-refractivity contribution is 7.37. The SMILES string of the molecule is CN(C)C(N)=NC(=N)N.[H+].[H+].[S-2]. The van der Waals surface area contributed by atoms with Crippen molar-refractivity contribution < 1.29 is 2.85 Å². The highest BCUT2D eigenvalue weighted by Gasteiger charge is 1.92. The minimum Gasteiger partial charge on any atom is -2.00 e. The summed E-state index contributed by atoms with van der Waals surface area (Å²) in [5.41, 5.74) is 10.2. The Bertz CT molecular complexity index is 148. The monoisotopic (exact) mass is 163 g/mol. The summed E-state index contributed by atoms with van der Waals surface area (Å²) in [5, 5.41) is 6.70. The molecule has 0 aromatic carbocycles. The van der Waals surface area contributed by atoms with Crippen LogP contribution >= 0.6 is 0 Å². The first-order valence-electron chi connectivity index (χ1n) is 2.39. The third-order valence-corrected chi connectivity index (χ3v) is 0.693. The minimum absolute atomic E-state index is 0. The van der Waals surface area contributed by atoms with Gasteiger partial charge in [0.25, 0.3) is 0 Å². The molecule has 60 valence electrons. The second-order valence-corrected chi connectivity index (χ2v) is 1.75. The van der Waals surface area contributed by atoms with Crippen molar-refractivity contribution in [3.05, 3.63) is 0 Å². The molecule has 5 nitrogen and oxygen atoms in total. The van der Waals surface area contributed by atoms with E-state index in [4.69, 9.17) is 16.9 Å². The van der Waals surface area contributed by atoms with E-state index in [1.165, 1.54) is 0 Å². The Labute approximate surface area is 70.0 Å². The van der Waals surface area contributed by atoms with Gasteiger partial charge in [-0.15, -0.1) is 0 Å². The van der Waals surface area contributed by atoms with Crippen molar-refractivity contribution in [1.29, 1.82) is 5.41 Å². The van der Waals surface area contributed by atoms with Gasteiger partial charge in [-0.05, 0) is 0 Å². The molecule has 0 fully saturated rings. The van der Waals surface area contributed by atoms with Crippen molar-refractivity contribution >= 4 is 25.4 Å². The van der Waals surface area contributed by atoms with Gasteiger partial charge < -0.3 is 29.9 Å². The van der Waals surface area contributed by atoms with E-state index in [1.54, 1.807) is 19.0 Å². The average molecular weight is 163 g/mol. The van der Waals surface area contributed by atoms with Crippen LogP contribution < -0.4 is 11.5 Å². The zero-order valence-corrected chi connectivity index (χ0v) is 6.77. The molecule has 0 bridgehead atoms. The van der Waals surface area contributed by atoms with Crippen LogP contribution in [0, 0.1) is 5.41 Å².